The summed E-state index contributed by atoms with van der Waals surface area (Å²) in [4.78, 5) is 0. The van der Waals surface area contributed by atoms with E-state index in [1.165, 1.54) is 0 Å². The van der Waals surface area contributed by atoms with Crippen LogP contribution < -0.4 is 0 Å². The van der Waals surface area contributed by atoms with Gasteiger partial charge in [-0.25, -0.2) is 0 Å². The van der Waals surface area contributed by atoms with E-state index >= 15 is 0 Å². The molecular weight excluding hydrogens is 472 g/mol. The first-order chi connectivity index (χ1) is 16.0. The number of aliphatic hydroxyl groups is 11. The Bertz CT molecular complexity index is 639. The van der Waals surface area contributed by atoms with Crippen LogP contribution in [0.25, 0.3) is 0 Å². The molecule has 0 radical (unpaired) electrons. The van der Waals surface area contributed by atoms with Gasteiger partial charge in [-0.3, -0.25) is 0 Å². The van der Waals surface area contributed by atoms with E-state index in [2.05, 4.69) is 0 Å². The number of ether oxygens (including phenoxy) is 5. The van der Waals surface area contributed by atoms with Crippen molar-refractivity contribution in [1.82, 2.24) is 0 Å². The summed E-state index contributed by atoms with van der Waals surface area (Å²) >= 11 is 0. The molecule has 16 heteroatoms. The van der Waals surface area contributed by atoms with Gasteiger partial charge in [0.2, 0.25) is 0 Å². The van der Waals surface area contributed by atoms with Crippen LogP contribution >= 0.6 is 0 Å². The normalized spacial score (nSPS) is 52.5. The summed E-state index contributed by atoms with van der Waals surface area (Å²) in [6, 6.07) is 0. The fourth-order valence-electron chi connectivity index (χ4n) is 4.04. The highest BCUT2D eigenvalue weighted by Crippen LogP contribution is 2.32. The van der Waals surface area contributed by atoms with Crippen molar-refractivity contribution in [3.8, 4) is 0 Å². The van der Waals surface area contributed by atoms with Gasteiger partial charge in [0.15, 0.2) is 18.9 Å². The topological polar surface area (TPSA) is 269 Å². The van der Waals surface area contributed by atoms with Crippen LogP contribution in [0.5, 0.6) is 0 Å². The maximum atomic E-state index is 10.7. The molecule has 3 saturated heterocycles. The molecule has 16 nitrogen and oxygen atoms in total. The Balaban J connectivity index is 1.78. The third kappa shape index (κ3) is 5.37. The molecule has 0 amide bonds. The molecule has 0 saturated carbocycles. The highest BCUT2D eigenvalue weighted by atomic mass is 16.7. The molecule has 3 aliphatic rings. The maximum absolute atomic E-state index is 10.7. The third-order valence-corrected chi connectivity index (χ3v) is 6.09. The predicted octanol–water partition coefficient (Wildman–Crippen LogP) is -7.57. The van der Waals surface area contributed by atoms with Crippen molar-refractivity contribution in [3.63, 3.8) is 0 Å². The summed E-state index contributed by atoms with van der Waals surface area (Å²) in [5, 5.41) is 110. The molecule has 0 aromatic rings. The van der Waals surface area contributed by atoms with E-state index in [1.54, 1.807) is 0 Å². The molecule has 11 N–H and O–H groups in total. The number of hydrogen-bond acceptors (Lipinski definition) is 16. The van der Waals surface area contributed by atoms with Crippen LogP contribution in [-0.4, -0.2) is 168 Å². The van der Waals surface area contributed by atoms with E-state index in [4.69, 9.17) is 23.7 Å². The van der Waals surface area contributed by atoms with Gasteiger partial charge in [-0.1, -0.05) is 0 Å². The van der Waals surface area contributed by atoms with E-state index in [9.17, 15) is 56.2 Å². The lowest BCUT2D eigenvalue weighted by atomic mass is 9.96. The second kappa shape index (κ2) is 11.6. The van der Waals surface area contributed by atoms with Gasteiger partial charge in [0, 0.05) is 0 Å². The van der Waals surface area contributed by atoms with Crippen LogP contribution in [0, 0.1) is 0 Å². The van der Waals surface area contributed by atoms with E-state index in [-0.39, 0.29) is 0 Å². The fourth-order valence-corrected chi connectivity index (χ4v) is 4.04. The Kier molecular flexibility index (Phi) is 9.54. The molecule has 0 aromatic carbocycles. The van der Waals surface area contributed by atoms with Crippen LogP contribution in [-0.2, 0) is 23.7 Å². The van der Waals surface area contributed by atoms with Crippen molar-refractivity contribution < 1.29 is 79.9 Å². The van der Waals surface area contributed by atoms with Crippen LogP contribution in [0.1, 0.15) is 0 Å². The van der Waals surface area contributed by atoms with Crippen LogP contribution in [0.4, 0.5) is 0 Å². The Morgan fingerprint density at radius 2 is 0.853 bits per heavy atom. The molecule has 34 heavy (non-hydrogen) atoms. The summed E-state index contributed by atoms with van der Waals surface area (Å²) < 4.78 is 26.2. The Morgan fingerprint density at radius 1 is 0.441 bits per heavy atom. The molecule has 0 unspecified atom stereocenters. The van der Waals surface area contributed by atoms with Crippen molar-refractivity contribution in [2.45, 2.75) is 92.1 Å². The Hall–Kier alpha value is -0.640. The highest BCUT2D eigenvalue weighted by molar-refractivity contribution is 4.96. The van der Waals surface area contributed by atoms with E-state index in [0.717, 1.165) is 0 Å². The van der Waals surface area contributed by atoms with Crippen molar-refractivity contribution in [2.75, 3.05) is 19.8 Å². The van der Waals surface area contributed by atoms with Crippen molar-refractivity contribution in [3.05, 3.63) is 0 Å². The van der Waals surface area contributed by atoms with E-state index < -0.39 is 112 Å². The molecular formula is C18H32O16. The molecule has 3 rings (SSSR count). The minimum absolute atomic E-state index is 0.750. The second-order valence-electron chi connectivity index (χ2n) is 8.33. The molecule has 200 valence electrons. The van der Waals surface area contributed by atoms with Crippen LogP contribution in [0.15, 0.2) is 0 Å². The lowest BCUT2D eigenvalue weighted by Gasteiger charge is -2.47. The standard InChI is InChI=1S/C18H32O16/c19-1-4-7(22)10(25)11(26)17(31-4)34-15-9(24)6(3-21)32-18(13(15)28)33-14-8(23)5(2-20)30-16(29)12(14)27/h4-29H,1-3H2/t4-,5+,6-,7+,8+,9+,10+,11+,12-,13+,14-,15+,16+,17+,18+/m0/s1. The number of aliphatic hydroxyl groups excluding tert-OH is 11. The second-order valence-corrected chi connectivity index (χ2v) is 8.33. The quantitative estimate of drug-likeness (QED) is 0.154. The largest absolute Gasteiger partial charge is 0.394 e. The zero-order valence-corrected chi connectivity index (χ0v) is 17.7. The molecule has 0 aliphatic carbocycles. The average molecular weight is 504 g/mol. The SMILES string of the molecule is OC[C@@H]1O[C@H](O[C@H]2[C@@H](O)[C@@H](O[C@@H]3[C@H](O)[C@H](O)O[C@H](CO)[C@H]3O)O[C@@H](CO)[C@H]2O)[C@H](O)[C@H](O)[C@@H]1O. The summed E-state index contributed by atoms with van der Waals surface area (Å²) in [7, 11) is 0. The smallest absolute Gasteiger partial charge is 0.187 e. The molecule has 3 fully saturated rings. The average Bonchev–Trinajstić information content (AvgIpc) is 2.82. The lowest BCUT2D eigenvalue weighted by molar-refractivity contribution is -0.379. The summed E-state index contributed by atoms with van der Waals surface area (Å²) in [5.74, 6) is 0. The molecule has 0 spiro atoms. The van der Waals surface area contributed by atoms with Crippen molar-refractivity contribution in [2.24, 2.45) is 0 Å². The molecule has 0 aromatic heterocycles. The summed E-state index contributed by atoms with van der Waals surface area (Å²) in [6.07, 6.45) is -25.5. The van der Waals surface area contributed by atoms with Gasteiger partial charge in [-0.15, -0.1) is 0 Å². The van der Waals surface area contributed by atoms with Crippen LogP contribution in [0.2, 0.25) is 0 Å². The summed E-state index contributed by atoms with van der Waals surface area (Å²) in [5.41, 5.74) is 0. The predicted molar refractivity (Wildman–Crippen MR) is 101 cm³/mol. The van der Waals surface area contributed by atoms with E-state index in [0.29, 0.717) is 0 Å². The van der Waals surface area contributed by atoms with Crippen molar-refractivity contribution in [1.29, 1.82) is 0 Å². The molecule has 15 atom stereocenters. The minimum atomic E-state index is -1.92. The van der Waals surface area contributed by atoms with Gasteiger partial charge in [0.05, 0.1) is 19.8 Å². The zero-order valence-electron chi connectivity index (χ0n) is 17.7. The monoisotopic (exact) mass is 504 g/mol. The first-order valence-electron chi connectivity index (χ1n) is 10.6. The molecule has 3 aliphatic heterocycles. The Morgan fingerprint density at radius 3 is 1.35 bits per heavy atom. The first kappa shape index (κ1) is 27.9. The maximum Gasteiger partial charge on any atom is 0.187 e. The van der Waals surface area contributed by atoms with Gasteiger partial charge in [0.25, 0.3) is 0 Å². The van der Waals surface area contributed by atoms with Crippen LogP contribution in [0.3, 0.4) is 0 Å². The number of rotatable bonds is 7. The first-order valence-corrected chi connectivity index (χ1v) is 10.6. The third-order valence-electron chi connectivity index (χ3n) is 6.09. The highest BCUT2D eigenvalue weighted by Gasteiger charge is 2.53. The molecule has 3 heterocycles. The molecule has 0 bridgehead atoms. The van der Waals surface area contributed by atoms with Gasteiger partial charge < -0.3 is 79.9 Å². The van der Waals surface area contributed by atoms with Gasteiger partial charge >= 0.3 is 0 Å². The summed E-state index contributed by atoms with van der Waals surface area (Å²) in [6.45, 7) is -2.33. The Labute approximate surface area is 192 Å². The lowest BCUT2D eigenvalue weighted by Crippen LogP contribution is -2.66. The van der Waals surface area contributed by atoms with Crippen molar-refractivity contribution >= 4 is 0 Å². The van der Waals surface area contributed by atoms with Gasteiger partial charge in [-0.2, -0.15) is 0 Å². The number of hydrogen-bond donors (Lipinski definition) is 11. The van der Waals surface area contributed by atoms with Gasteiger partial charge in [0.1, 0.15) is 73.2 Å². The minimum Gasteiger partial charge on any atom is -0.394 e. The fraction of sp³-hybridized carbons (Fsp3) is 1.00. The van der Waals surface area contributed by atoms with Gasteiger partial charge in [-0.05, 0) is 0 Å². The van der Waals surface area contributed by atoms with E-state index in [1.807, 2.05) is 0 Å². The zero-order chi connectivity index (χ0) is 25.3.